The molecule has 1 atom stereocenters. The summed E-state index contributed by atoms with van der Waals surface area (Å²) in [7, 11) is 2.20. The van der Waals surface area contributed by atoms with Gasteiger partial charge in [0.25, 0.3) is 0 Å². The maximum absolute atomic E-state index is 5.51. The van der Waals surface area contributed by atoms with E-state index < -0.39 is 0 Å². The molecular weight excluding hydrogens is 188 g/mol. The summed E-state index contributed by atoms with van der Waals surface area (Å²) in [5.41, 5.74) is 0. The average Bonchev–Trinajstić information content (AvgIpc) is 2.29. The van der Waals surface area contributed by atoms with Crippen molar-refractivity contribution in [3.05, 3.63) is 0 Å². The molecule has 0 spiro atoms. The second-order valence-electron chi connectivity index (χ2n) is 4.95. The molecule has 1 unspecified atom stereocenters. The van der Waals surface area contributed by atoms with Crippen LogP contribution in [-0.4, -0.2) is 50.3 Å². The Balaban J connectivity index is 1.67. The molecular formula is C12H24N2O. The second-order valence-corrected chi connectivity index (χ2v) is 4.95. The van der Waals surface area contributed by atoms with Gasteiger partial charge in [0, 0.05) is 25.2 Å². The SMILES string of the molecule is CN1CCOCC1CNC1CCCCC1. The van der Waals surface area contributed by atoms with E-state index in [1.165, 1.54) is 32.1 Å². The van der Waals surface area contributed by atoms with Crippen LogP contribution in [0.15, 0.2) is 0 Å². The van der Waals surface area contributed by atoms with Crippen molar-refractivity contribution in [2.75, 3.05) is 33.4 Å². The quantitative estimate of drug-likeness (QED) is 0.762. The van der Waals surface area contributed by atoms with Crippen molar-refractivity contribution < 1.29 is 4.74 Å². The molecule has 0 aromatic carbocycles. The van der Waals surface area contributed by atoms with Crippen LogP contribution in [0, 0.1) is 0 Å². The summed E-state index contributed by atoms with van der Waals surface area (Å²) in [6.07, 6.45) is 7.00. The third-order valence-electron chi connectivity index (χ3n) is 3.77. The highest BCUT2D eigenvalue weighted by molar-refractivity contribution is 4.78. The van der Waals surface area contributed by atoms with E-state index in [1.54, 1.807) is 0 Å². The van der Waals surface area contributed by atoms with Crippen LogP contribution in [0.1, 0.15) is 32.1 Å². The van der Waals surface area contributed by atoms with Crippen molar-refractivity contribution in [1.29, 1.82) is 0 Å². The molecule has 15 heavy (non-hydrogen) atoms. The van der Waals surface area contributed by atoms with Crippen molar-refractivity contribution in [1.82, 2.24) is 10.2 Å². The molecule has 1 saturated heterocycles. The summed E-state index contributed by atoms with van der Waals surface area (Å²) in [6.45, 7) is 3.98. The van der Waals surface area contributed by atoms with Gasteiger partial charge in [-0.3, -0.25) is 4.90 Å². The number of nitrogens with one attached hydrogen (secondary N) is 1. The van der Waals surface area contributed by atoms with E-state index in [-0.39, 0.29) is 0 Å². The highest BCUT2D eigenvalue weighted by atomic mass is 16.5. The minimum Gasteiger partial charge on any atom is -0.378 e. The zero-order valence-electron chi connectivity index (χ0n) is 9.87. The van der Waals surface area contributed by atoms with Gasteiger partial charge < -0.3 is 10.1 Å². The Hall–Kier alpha value is -0.120. The zero-order valence-corrected chi connectivity index (χ0v) is 9.87. The number of rotatable bonds is 3. The fourth-order valence-corrected chi connectivity index (χ4v) is 2.56. The Kier molecular flexibility index (Phi) is 4.42. The van der Waals surface area contributed by atoms with Gasteiger partial charge in [0.2, 0.25) is 0 Å². The van der Waals surface area contributed by atoms with Crippen molar-refractivity contribution in [3.8, 4) is 0 Å². The molecule has 2 rings (SSSR count). The number of ether oxygens (including phenoxy) is 1. The minimum absolute atomic E-state index is 0.584. The lowest BCUT2D eigenvalue weighted by atomic mass is 9.95. The molecule has 3 heteroatoms. The van der Waals surface area contributed by atoms with Crippen LogP contribution in [0.2, 0.25) is 0 Å². The van der Waals surface area contributed by atoms with Crippen LogP contribution in [0.5, 0.6) is 0 Å². The molecule has 1 heterocycles. The largest absolute Gasteiger partial charge is 0.378 e. The van der Waals surface area contributed by atoms with Gasteiger partial charge in [0.05, 0.1) is 13.2 Å². The van der Waals surface area contributed by atoms with Crippen LogP contribution < -0.4 is 5.32 Å². The van der Waals surface area contributed by atoms with Gasteiger partial charge in [0.15, 0.2) is 0 Å². The van der Waals surface area contributed by atoms with Crippen LogP contribution in [0.4, 0.5) is 0 Å². The molecule has 0 radical (unpaired) electrons. The fourth-order valence-electron chi connectivity index (χ4n) is 2.56. The first-order valence-electron chi connectivity index (χ1n) is 6.37. The summed E-state index contributed by atoms with van der Waals surface area (Å²) in [4.78, 5) is 2.42. The first-order valence-corrected chi connectivity index (χ1v) is 6.37. The van der Waals surface area contributed by atoms with E-state index in [4.69, 9.17) is 4.74 Å². The van der Waals surface area contributed by atoms with Gasteiger partial charge in [-0.25, -0.2) is 0 Å². The molecule has 1 N–H and O–H groups in total. The number of morpholine rings is 1. The van der Waals surface area contributed by atoms with E-state index >= 15 is 0 Å². The Labute approximate surface area is 93.2 Å². The molecule has 3 nitrogen and oxygen atoms in total. The molecule has 2 aliphatic rings. The average molecular weight is 212 g/mol. The van der Waals surface area contributed by atoms with Crippen molar-refractivity contribution in [2.45, 2.75) is 44.2 Å². The zero-order chi connectivity index (χ0) is 10.5. The van der Waals surface area contributed by atoms with Crippen molar-refractivity contribution in [2.24, 2.45) is 0 Å². The fraction of sp³-hybridized carbons (Fsp3) is 1.00. The van der Waals surface area contributed by atoms with E-state index in [1.807, 2.05) is 0 Å². The molecule has 1 aliphatic carbocycles. The van der Waals surface area contributed by atoms with Crippen molar-refractivity contribution >= 4 is 0 Å². The van der Waals surface area contributed by atoms with E-state index in [2.05, 4.69) is 17.3 Å². The molecule has 0 aromatic heterocycles. The topological polar surface area (TPSA) is 24.5 Å². The lowest BCUT2D eigenvalue weighted by molar-refractivity contribution is 0.00516. The molecule has 1 saturated carbocycles. The Morgan fingerprint density at radius 1 is 1.27 bits per heavy atom. The summed E-state index contributed by atoms with van der Waals surface area (Å²) >= 11 is 0. The highest BCUT2D eigenvalue weighted by Crippen LogP contribution is 2.17. The number of hydrogen-bond acceptors (Lipinski definition) is 3. The van der Waals surface area contributed by atoms with Crippen LogP contribution in [0.3, 0.4) is 0 Å². The van der Waals surface area contributed by atoms with E-state index in [0.717, 1.165) is 32.3 Å². The highest BCUT2D eigenvalue weighted by Gasteiger charge is 2.21. The lowest BCUT2D eigenvalue weighted by Crippen LogP contribution is -2.50. The van der Waals surface area contributed by atoms with Crippen LogP contribution in [0.25, 0.3) is 0 Å². The van der Waals surface area contributed by atoms with Crippen molar-refractivity contribution in [3.63, 3.8) is 0 Å². The first kappa shape index (κ1) is 11.4. The van der Waals surface area contributed by atoms with Gasteiger partial charge in [-0.2, -0.15) is 0 Å². The lowest BCUT2D eigenvalue weighted by Gasteiger charge is -2.34. The summed E-state index contributed by atoms with van der Waals surface area (Å²) in [5.74, 6) is 0. The predicted molar refractivity (Wildman–Crippen MR) is 62.1 cm³/mol. The molecule has 0 amide bonds. The number of likely N-dealkylation sites (N-methyl/N-ethyl adjacent to an activating group) is 1. The third kappa shape index (κ3) is 3.44. The maximum Gasteiger partial charge on any atom is 0.0634 e. The Morgan fingerprint density at radius 3 is 2.80 bits per heavy atom. The van der Waals surface area contributed by atoms with Gasteiger partial charge in [0.1, 0.15) is 0 Å². The standard InChI is InChI=1S/C12H24N2O/c1-14-7-8-15-10-12(14)9-13-11-5-3-2-4-6-11/h11-13H,2-10H2,1H3. The predicted octanol–water partition coefficient (Wildman–Crippen LogP) is 1.24. The maximum atomic E-state index is 5.51. The third-order valence-corrected chi connectivity index (χ3v) is 3.77. The summed E-state index contributed by atoms with van der Waals surface area (Å²) in [6, 6.07) is 1.36. The minimum atomic E-state index is 0.584. The van der Waals surface area contributed by atoms with Gasteiger partial charge in [-0.1, -0.05) is 19.3 Å². The Bertz CT molecular complexity index is 180. The molecule has 1 aliphatic heterocycles. The molecule has 2 fully saturated rings. The van der Waals surface area contributed by atoms with Gasteiger partial charge in [-0.05, 0) is 19.9 Å². The van der Waals surface area contributed by atoms with E-state index in [9.17, 15) is 0 Å². The summed E-state index contributed by atoms with van der Waals surface area (Å²) in [5, 5.41) is 3.70. The Morgan fingerprint density at radius 2 is 2.07 bits per heavy atom. The number of hydrogen-bond donors (Lipinski definition) is 1. The van der Waals surface area contributed by atoms with Crippen LogP contribution >= 0.6 is 0 Å². The monoisotopic (exact) mass is 212 g/mol. The summed E-state index contributed by atoms with van der Waals surface area (Å²) < 4.78 is 5.51. The van der Waals surface area contributed by atoms with Gasteiger partial charge in [-0.15, -0.1) is 0 Å². The molecule has 0 bridgehead atoms. The molecule has 88 valence electrons. The van der Waals surface area contributed by atoms with Crippen LogP contribution in [-0.2, 0) is 4.74 Å². The number of nitrogens with zero attached hydrogens (tertiary/aromatic N) is 1. The smallest absolute Gasteiger partial charge is 0.0634 e. The van der Waals surface area contributed by atoms with Gasteiger partial charge >= 0.3 is 0 Å². The normalized spacial score (nSPS) is 30.6. The van der Waals surface area contributed by atoms with E-state index in [0.29, 0.717) is 6.04 Å². The first-order chi connectivity index (χ1) is 7.36. The second kappa shape index (κ2) is 5.83. The molecule has 0 aromatic rings.